The first-order valence-electron chi connectivity index (χ1n) is 8.41. The molecule has 7 nitrogen and oxygen atoms in total. The van der Waals surface area contributed by atoms with E-state index in [-0.39, 0.29) is 18.2 Å². The maximum absolute atomic E-state index is 12.5. The van der Waals surface area contributed by atoms with E-state index in [0.29, 0.717) is 23.6 Å². The van der Waals surface area contributed by atoms with Crippen LogP contribution in [0.15, 0.2) is 54.6 Å². The number of aromatic nitrogens is 1. The summed E-state index contributed by atoms with van der Waals surface area (Å²) in [5.41, 5.74) is 2.43. The molecule has 0 spiro atoms. The standard InChI is InChI=1S/C19H21N3O4S/c1-26-10-9-20-27(24,25)13-14-5-4-7-16(11-14)21-19(23)18-12-15-6-2-3-8-17(15)22-18/h2-8,11-12,20,22H,9-10,13H2,1H3,(H,21,23). The molecule has 0 fully saturated rings. The van der Waals surface area contributed by atoms with Gasteiger partial charge in [0.15, 0.2) is 0 Å². The van der Waals surface area contributed by atoms with Crippen molar-refractivity contribution in [3.63, 3.8) is 0 Å². The van der Waals surface area contributed by atoms with Gasteiger partial charge in [-0.1, -0.05) is 30.3 Å². The number of H-pyrrole nitrogens is 1. The van der Waals surface area contributed by atoms with Crippen molar-refractivity contribution >= 4 is 32.5 Å². The first kappa shape index (κ1) is 19.1. The molecule has 27 heavy (non-hydrogen) atoms. The maximum atomic E-state index is 12.5. The monoisotopic (exact) mass is 387 g/mol. The van der Waals surface area contributed by atoms with Gasteiger partial charge in [-0.2, -0.15) is 0 Å². The Hall–Kier alpha value is -2.68. The summed E-state index contributed by atoms with van der Waals surface area (Å²) in [7, 11) is -1.96. The molecular formula is C19H21N3O4S. The van der Waals surface area contributed by atoms with Gasteiger partial charge in [-0.15, -0.1) is 0 Å². The summed E-state index contributed by atoms with van der Waals surface area (Å²) < 4.78 is 31.4. The van der Waals surface area contributed by atoms with Crippen LogP contribution in [0.5, 0.6) is 0 Å². The zero-order valence-electron chi connectivity index (χ0n) is 14.9. The number of benzene rings is 2. The number of hydrogen-bond acceptors (Lipinski definition) is 4. The average molecular weight is 387 g/mol. The van der Waals surface area contributed by atoms with Crippen molar-refractivity contribution in [1.82, 2.24) is 9.71 Å². The number of carbonyl (C=O) groups excluding carboxylic acids is 1. The number of carbonyl (C=O) groups is 1. The molecule has 0 atom stereocenters. The van der Waals surface area contributed by atoms with Crippen LogP contribution in [0.3, 0.4) is 0 Å². The number of rotatable bonds is 8. The quantitative estimate of drug-likeness (QED) is 0.517. The van der Waals surface area contributed by atoms with E-state index in [2.05, 4.69) is 15.0 Å². The molecule has 8 heteroatoms. The van der Waals surface area contributed by atoms with Crippen molar-refractivity contribution in [2.75, 3.05) is 25.6 Å². The minimum absolute atomic E-state index is 0.174. The van der Waals surface area contributed by atoms with E-state index in [1.807, 2.05) is 24.3 Å². The number of hydrogen-bond donors (Lipinski definition) is 3. The largest absolute Gasteiger partial charge is 0.383 e. The Labute approximate surface area is 157 Å². The summed E-state index contributed by atoms with van der Waals surface area (Å²) in [4.78, 5) is 15.5. The van der Waals surface area contributed by atoms with Crippen molar-refractivity contribution in [3.05, 3.63) is 65.9 Å². The fourth-order valence-corrected chi connectivity index (χ4v) is 3.82. The Morgan fingerprint density at radius 1 is 1.11 bits per heavy atom. The molecule has 0 saturated carbocycles. The fourth-order valence-electron chi connectivity index (χ4n) is 2.70. The molecule has 1 amide bonds. The number of amides is 1. The minimum Gasteiger partial charge on any atom is -0.383 e. The molecular weight excluding hydrogens is 366 g/mol. The third kappa shape index (κ3) is 5.16. The molecule has 1 heterocycles. The van der Waals surface area contributed by atoms with Crippen LogP contribution in [-0.2, 0) is 20.5 Å². The molecule has 3 aromatic rings. The molecule has 0 aliphatic heterocycles. The highest BCUT2D eigenvalue weighted by Gasteiger charge is 2.13. The summed E-state index contributed by atoms with van der Waals surface area (Å²) in [5, 5.41) is 3.74. The van der Waals surface area contributed by atoms with Crippen LogP contribution in [0, 0.1) is 0 Å². The molecule has 0 radical (unpaired) electrons. The van der Waals surface area contributed by atoms with Gasteiger partial charge in [-0.25, -0.2) is 13.1 Å². The number of anilines is 1. The number of aromatic amines is 1. The molecule has 0 saturated heterocycles. The van der Waals surface area contributed by atoms with E-state index in [0.717, 1.165) is 10.9 Å². The Bertz CT molecular complexity index is 1010. The Balaban J connectivity index is 1.69. The lowest BCUT2D eigenvalue weighted by molar-refractivity contribution is 0.102. The van der Waals surface area contributed by atoms with E-state index in [1.54, 1.807) is 30.3 Å². The third-order valence-electron chi connectivity index (χ3n) is 3.94. The summed E-state index contributed by atoms with van der Waals surface area (Å²) >= 11 is 0. The van der Waals surface area contributed by atoms with Crippen LogP contribution < -0.4 is 10.0 Å². The van der Waals surface area contributed by atoms with Crippen molar-refractivity contribution < 1.29 is 17.9 Å². The summed E-state index contributed by atoms with van der Waals surface area (Å²) in [6.45, 7) is 0.523. The molecule has 3 N–H and O–H groups in total. The smallest absolute Gasteiger partial charge is 0.272 e. The summed E-state index contributed by atoms with van der Waals surface area (Å²) in [6, 6.07) is 16.2. The van der Waals surface area contributed by atoms with Crippen LogP contribution in [0.25, 0.3) is 10.9 Å². The van der Waals surface area contributed by atoms with Crippen LogP contribution in [0.4, 0.5) is 5.69 Å². The van der Waals surface area contributed by atoms with E-state index < -0.39 is 10.0 Å². The van der Waals surface area contributed by atoms with Gasteiger partial charge in [-0.3, -0.25) is 4.79 Å². The van der Waals surface area contributed by atoms with Crippen LogP contribution >= 0.6 is 0 Å². The van der Waals surface area contributed by atoms with Gasteiger partial charge < -0.3 is 15.0 Å². The molecule has 0 bridgehead atoms. The molecule has 142 valence electrons. The van der Waals surface area contributed by atoms with Gasteiger partial charge in [0.1, 0.15) is 5.69 Å². The van der Waals surface area contributed by atoms with E-state index >= 15 is 0 Å². The van der Waals surface area contributed by atoms with Crippen molar-refractivity contribution in [2.24, 2.45) is 0 Å². The van der Waals surface area contributed by atoms with Gasteiger partial charge in [0.25, 0.3) is 5.91 Å². The number of methoxy groups -OCH3 is 1. The maximum Gasteiger partial charge on any atom is 0.272 e. The van der Waals surface area contributed by atoms with Gasteiger partial charge >= 0.3 is 0 Å². The summed E-state index contributed by atoms with van der Waals surface area (Å²) in [6.07, 6.45) is 0. The second-order valence-electron chi connectivity index (χ2n) is 6.07. The van der Waals surface area contributed by atoms with Crippen LogP contribution in [-0.4, -0.2) is 39.6 Å². The zero-order valence-corrected chi connectivity index (χ0v) is 15.7. The molecule has 0 aliphatic rings. The summed E-state index contributed by atoms with van der Waals surface area (Å²) in [5.74, 6) is -0.461. The Morgan fingerprint density at radius 3 is 2.70 bits per heavy atom. The molecule has 0 unspecified atom stereocenters. The Morgan fingerprint density at radius 2 is 1.93 bits per heavy atom. The fraction of sp³-hybridized carbons (Fsp3) is 0.211. The average Bonchev–Trinajstić information content (AvgIpc) is 3.06. The molecule has 0 aliphatic carbocycles. The predicted molar refractivity (Wildman–Crippen MR) is 105 cm³/mol. The number of para-hydroxylation sites is 1. The van der Waals surface area contributed by atoms with Crippen molar-refractivity contribution in [2.45, 2.75) is 5.75 Å². The van der Waals surface area contributed by atoms with Crippen LogP contribution in [0.1, 0.15) is 16.1 Å². The lowest BCUT2D eigenvalue weighted by atomic mass is 10.2. The lowest BCUT2D eigenvalue weighted by Crippen LogP contribution is -2.28. The third-order valence-corrected chi connectivity index (χ3v) is 5.30. The highest BCUT2D eigenvalue weighted by Crippen LogP contribution is 2.17. The van der Waals surface area contributed by atoms with E-state index in [9.17, 15) is 13.2 Å². The second-order valence-corrected chi connectivity index (χ2v) is 7.88. The van der Waals surface area contributed by atoms with Crippen molar-refractivity contribution in [1.29, 1.82) is 0 Å². The minimum atomic E-state index is -3.47. The highest BCUT2D eigenvalue weighted by atomic mass is 32.2. The topological polar surface area (TPSA) is 100 Å². The number of fused-ring (bicyclic) bond motifs is 1. The predicted octanol–water partition coefficient (Wildman–Crippen LogP) is 2.49. The second kappa shape index (κ2) is 8.34. The molecule has 2 aromatic carbocycles. The first-order valence-corrected chi connectivity index (χ1v) is 10.1. The van der Waals surface area contributed by atoms with Gasteiger partial charge in [0, 0.05) is 30.2 Å². The van der Waals surface area contributed by atoms with E-state index in [4.69, 9.17) is 4.74 Å². The molecule has 3 rings (SSSR count). The highest BCUT2D eigenvalue weighted by molar-refractivity contribution is 7.88. The van der Waals surface area contributed by atoms with Crippen LogP contribution in [0.2, 0.25) is 0 Å². The number of nitrogens with one attached hydrogen (secondary N) is 3. The zero-order chi connectivity index (χ0) is 19.3. The molecule has 1 aromatic heterocycles. The normalized spacial score (nSPS) is 11.6. The van der Waals surface area contributed by atoms with Gasteiger partial charge in [-0.05, 0) is 29.8 Å². The first-order chi connectivity index (χ1) is 13.0. The van der Waals surface area contributed by atoms with Crippen molar-refractivity contribution in [3.8, 4) is 0 Å². The number of sulfonamides is 1. The van der Waals surface area contributed by atoms with E-state index in [1.165, 1.54) is 7.11 Å². The lowest BCUT2D eigenvalue weighted by Gasteiger charge is -2.09. The number of ether oxygens (including phenoxy) is 1. The van der Waals surface area contributed by atoms with Gasteiger partial charge in [0.05, 0.1) is 12.4 Å². The van der Waals surface area contributed by atoms with Gasteiger partial charge in [0.2, 0.25) is 10.0 Å². The Kier molecular flexibility index (Phi) is 5.90. The SMILES string of the molecule is COCCNS(=O)(=O)Cc1cccc(NC(=O)c2cc3ccccc3[nH]2)c1.